The molecule has 1 rings (SSSR count). The van der Waals surface area contributed by atoms with Gasteiger partial charge in [0.05, 0.1) is 6.54 Å². The molecule has 0 aromatic heterocycles. The number of rotatable bonds is 8. The van der Waals surface area contributed by atoms with Crippen molar-refractivity contribution in [3.05, 3.63) is 29.8 Å². The largest absolute Gasteiger partial charge is 0.489 e. The fourth-order valence-electron chi connectivity index (χ4n) is 1.79. The van der Waals surface area contributed by atoms with Gasteiger partial charge in [-0.15, -0.1) is 0 Å². The molecule has 0 bridgehead atoms. The lowest BCUT2D eigenvalue weighted by Crippen LogP contribution is -2.39. The van der Waals surface area contributed by atoms with Crippen molar-refractivity contribution < 1.29 is 4.74 Å². The summed E-state index contributed by atoms with van der Waals surface area (Å²) < 4.78 is 5.88. The van der Waals surface area contributed by atoms with Gasteiger partial charge in [-0.25, -0.2) is 4.99 Å². The van der Waals surface area contributed by atoms with E-state index in [2.05, 4.69) is 41.8 Å². The van der Waals surface area contributed by atoms with E-state index in [1.165, 1.54) is 5.56 Å². The Morgan fingerprint density at radius 2 is 2.19 bits per heavy atom. The molecular formula is C16H27N3OS. The van der Waals surface area contributed by atoms with Crippen molar-refractivity contribution in [3.8, 4) is 5.75 Å². The number of aryl methyl sites for hydroxylation is 1. The van der Waals surface area contributed by atoms with E-state index in [0.29, 0.717) is 6.54 Å². The quantitative estimate of drug-likeness (QED) is 0.440. The molecule has 0 saturated heterocycles. The molecule has 0 saturated carbocycles. The predicted octanol–water partition coefficient (Wildman–Crippen LogP) is 2.68. The van der Waals surface area contributed by atoms with Gasteiger partial charge >= 0.3 is 0 Å². The maximum absolute atomic E-state index is 5.88. The van der Waals surface area contributed by atoms with Crippen LogP contribution in [-0.2, 0) is 0 Å². The van der Waals surface area contributed by atoms with Crippen LogP contribution < -0.4 is 15.4 Å². The van der Waals surface area contributed by atoms with E-state index < -0.39 is 0 Å². The zero-order valence-electron chi connectivity index (χ0n) is 13.5. The maximum atomic E-state index is 5.88. The topological polar surface area (TPSA) is 45.7 Å². The first-order valence-corrected chi connectivity index (χ1v) is 8.79. The van der Waals surface area contributed by atoms with Crippen molar-refractivity contribution in [1.82, 2.24) is 10.6 Å². The summed E-state index contributed by atoms with van der Waals surface area (Å²) in [5, 5.41) is 6.56. The second kappa shape index (κ2) is 10.4. The average Bonchev–Trinajstić information content (AvgIpc) is 2.45. The summed E-state index contributed by atoms with van der Waals surface area (Å²) in [6, 6.07) is 8.10. The van der Waals surface area contributed by atoms with E-state index in [0.717, 1.165) is 30.6 Å². The van der Waals surface area contributed by atoms with Crippen molar-refractivity contribution >= 4 is 17.7 Å². The number of guanidine groups is 1. The van der Waals surface area contributed by atoms with Crippen LogP contribution in [0.4, 0.5) is 0 Å². The van der Waals surface area contributed by atoms with Gasteiger partial charge in [-0.1, -0.05) is 12.1 Å². The molecular weight excluding hydrogens is 282 g/mol. The van der Waals surface area contributed by atoms with Crippen LogP contribution in [0.1, 0.15) is 19.4 Å². The van der Waals surface area contributed by atoms with Crippen LogP contribution in [0, 0.1) is 6.92 Å². The van der Waals surface area contributed by atoms with E-state index in [9.17, 15) is 0 Å². The molecule has 0 aliphatic rings. The Kier molecular flexibility index (Phi) is 8.74. The van der Waals surface area contributed by atoms with Crippen molar-refractivity contribution in [3.63, 3.8) is 0 Å². The first-order valence-electron chi connectivity index (χ1n) is 7.40. The fraction of sp³-hybridized carbons (Fsp3) is 0.562. The highest BCUT2D eigenvalue weighted by atomic mass is 32.2. The number of thioether (sulfide) groups is 1. The summed E-state index contributed by atoms with van der Waals surface area (Å²) in [6.07, 6.45) is 2.14. The van der Waals surface area contributed by atoms with Gasteiger partial charge in [0.15, 0.2) is 5.96 Å². The van der Waals surface area contributed by atoms with Crippen LogP contribution in [0.5, 0.6) is 5.75 Å². The number of ether oxygens (including phenoxy) is 1. The molecule has 2 N–H and O–H groups in total. The summed E-state index contributed by atoms with van der Waals surface area (Å²) >= 11 is 1.82. The molecule has 1 aromatic rings. The summed E-state index contributed by atoms with van der Waals surface area (Å²) in [6.45, 7) is 8.57. The molecule has 1 unspecified atom stereocenters. The van der Waals surface area contributed by atoms with Crippen LogP contribution in [0.2, 0.25) is 0 Å². The number of hydrogen-bond acceptors (Lipinski definition) is 3. The van der Waals surface area contributed by atoms with Crippen LogP contribution >= 0.6 is 11.8 Å². The standard InChI is InChI=1S/C16H27N3OS/c1-5-17-16(18-9-10-21-4)19-12-14(3)20-15-8-6-7-13(2)11-15/h6-8,11,14H,5,9-10,12H2,1-4H3,(H2,17,18,19). The van der Waals surface area contributed by atoms with Crippen LogP contribution in [0.25, 0.3) is 0 Å². The van der Waals surface area contributed by atoms with Gasteiger partial charge < -0.3 is 15.4 Å². The van der Waals surface area contributed by atoms with Crippen LogP contribution in [0.3, 0.4) is 0 Å². The van der Waals surface area contributed by atoms with E-state index in [1.54, 1.807) is 0 Å². The Morgan fingerprint density at radius 3 is 2.86 bits per heavy atom. The highest BCUT2D eigenvalue weighted by molar-refractivity contribution is 7.98. The lowest BCUT2D eigenvalue weighted by molar-refractivity contribution is 0.230. The second-order valence-corrected chi connectivity index (χ2v) is 5.87. The number of benzene rings is 1. The smallest absolute Gasteiger partial charge is 0.191 e. The van der Waals surface area contributed by atoms with Crippen molar-refractivity contribution in [2.45, 2.75) is 26.9 Å². The highest BCUT2D eigenvalue weighted by Crippen LogP contribution is 2.14. The number of aliphatic imine (C=N–C) groups is 1. The Hall–Kier alpha value is -1.36. The van der Waals surface area contributed by atoms with Crippen molar-refractivity contribution in [2.24, 2.45) is 4.99 Å². The minimum atomic E-state index is 0.0443. The molecule has 118 valence electrons. The zero-order valence-corrected chi connectivity index (χ0v) is 14.3. The number of hydrogen-bond donors (Lipinski definition) is 2. The highest BCUT2D eigenvalue weighted by Gasteiger charge is 2.04. The van der Waals surface area contributed by atoms with Gasteiger partial charge in [-0.2, -0.15) is 11.8 Å². The Balaban J connectivity index is 2.46. The lowest BCUT2D eigenvalue weighted by Gasteiger charge is -2.15. The minimum Gasteiger partial charge on any atom is -0.489 e. The minimum absolute atomic E-state index is 0.0443. The number of nitrogens with zero attached hydrogens (tertiary/aromatic N) is 1. The summed E-state index contributed by atoms with van der Waals surface area (Å²) in [5.41, 5.74) is 1.20. The summed E-state index contributed by atoms with van der Waals surface area (Å²) in [4.78, 5) is 4.56. The Morgan fingerprint density at radius 1 is 1.38 bits per heavy atom. The van der Waals surface area contributed by atoms with Gasteiger partial charge in [-0.3, -0.25) is 0 Å². The molecule has 1 aromatic carbocycles. The van der Waals surface area contributed by atoms with Gasteiger partial charge in [0.1, 0.15) is 11.9 Å². The van der Waals surface area contributed by atoms with Gasteiger partial charge in [0.25, 0.3) is 0 Å². The lowest BCUT2D eigenvalue weighted by atomic mass is 10.2. The van der Waals surface area contributed by atoms with Gasteiger partial charge in [0, 0.05) is 18.8 Å². The molecule has 5 heteroatoms. The summed E-state index contributed by atoms with van der Waals surface area (Å²) in [5.74, 6) is 2.82. The third-order valence-electron chi connectivity index (χ3n) is 2.78. The molecule has 0 fully saturated rings. The van der Waals surface area contributed by atoms with Crippen LogP contribution in [0.15, 0.2) is 29.3 Å². The van der Waals surface area contributed by atoms with E-state index in [-0.39, 0.29) is 6.10 Å². The molecule has 0 aliphatic carbocycles. The molecule has 0 amide bonds. The van der Waals surface area contributed by atoms with E-state index in [1.807, 2.05) is 36.9 Å². The fourth-order valence-corrected chi connectivity index (χ4v) is 2.10. The van der Waals surface area contributed by atoms with Crippen LogP contribution in [-0.4, -0.2) is 43.7 Å². The molecule has 4 nitrogen and oxygen atoms in total. The first kappa shape index (κ1) is 17.7. The van der Waals surface area contributed by atoms with E-state index in [4.69, 9.17) is 4.74 Å². The first-order chi connectivity index (χ1) is 10.2. The molecule has 21 heavy (non-hydrogen) atoms. The molecule has 0 radical (unpaired) electrons. The SMILES string of the molecule is CCNC(=NCC(C)Oc1cccc(C)c1)NCCSC. The average molecular weight is 309 g/mol. The second-order valence-electron chi connectivity index (χ2n) is 4.88. The third-order valence-corrected chi connectivity index (χ3v) is 3.39. The summed E-state index contributed by atoms with van der Waals surface area (Å²) in [7, 11) is 0. The monoisotopic (exact) mass is 309 g/mol. The van der Waals surface area contributed by atoms with Gasteiger partial charge in [0.2, 0.25) is 0 Å². The Labute approximate surface area is 132 Å². The molecule has 1 atom stereocenters. The third kappa shape index (κ3) is 7.85. The Bertz CT molecular complexity index is 437. The number of nitrogens with one attached hydrogen (secondary N) is 2. The molecule has 0 heterocycles. The van der Waals surface area contributed by atoms with Crippen molar-refractivity contribution in [1.29, 1.82) is 0 Å². The normalized spacial score (nSPS) is 12.9. The molecule has 0 spiro atoms. The molecule has 0 aliphatic heterocycles. The van der Waals surface area contributed by atoms with Crippen molar-refractivity contribution in [2.75, 3.05) is 31.6 Å². The van der Waals surface area contributed by atoms with Gasteiger partial charge in [-0.05, 0) is 44.7 Å². The maximum Gasteiger partial charge on any atom is 0.191 e. The van der Waals surface area contributed by atoms with E-state index >= 15 is 0 Å². The predicted molar refractivity (Wildman–Crippen MR) is 93.6 cm³/mol. The zero-order chi connectivity index (χ0) is 15.5.